The number of non-ortho nitro benzene ring substituents is 1. The summed E-state index contributed by atoms with van der Waals surface area (Å²) in [5, 5.41) is 25.2. The average molecular weight is 384 g/mol. The monoisotopic (exact) mass is 384 g/mol. The molecule has 1 amide bonds. The number of carbonyl (C=O) groups is 1. The highest BCUT2D eigenvalue weighted by Gasteiger charge is 2.25. The molecule has 1 aliphatic heterocycles. The number of hydrogen-bond donors (Lipinski definition) is 1. The van der Waals surface area contributed by atoms with E-state index in [1.54, 1.807) is 29.2 Å². The highest BCUT2D eigenvalue weighted by Crippen LogP contribution is 2.33. The molecule has 2 aromatic rings. The second kappa shape index (κ2) is 8.03. The first-order valence-electron chi connectivity index (χ1n) is 8.95. The lowest BCUT2D eigenvalue weighted by atomic mass is 9.98. The molecule has 1 N–H and O–H groups in total. The lowest BCUT2D eigenvalue weighted by Crippen LogP contribution is -2.38. The minimum Gasteiger partial charge on any atom is -0.349 e. The number of nitrogens with zero attached hydrogens (tertiary/aromatic N) is 3. The van der Waals surface area contributed by atoms with Gasteiger partial charge in [0.25, 0.3) is 17.3 Å². The van der Waals surface area contributed by atoms with Crippen molar-refractivity contribution in [2.45, 2.75) is 19.8 Å². The van der Waals surface area contributed by atoms with E-state index in [0.29, 0.717) is 30.3 Å². The SMILES string of the molecule is CC1CCN(C(=O)c2ccccc2Nc2ccc([N+](=O)[O-])cc2[N+](=O)[O-])CC1. The Bertz CT molecular complexity index is 922. The number of benzene rings is 2. The van der Waals surface area contributed by atoms with Gasteiger partial charge in [-0.25, -0.2) is 0 Å². The summed E-state index contributed by atoms with van der Waals surface area (Å²) in [6, 6.07) is 10.1. The number of nitrogens with one attached hydrogen (secondary N) is 1. The van der Waals surface area contributed by atoms with Crippen molar-refractivity contribution in [1.29, 1.82) is 0 Å². The van der Waals surface area contributed by atoms with Crippen LogP contribution >= 0.6 is 0 Å². The van der Waals surface area contributed by atoms with Crippen molar-refractivity contribution < 1.29 is 14.6 Å². The van der Waals surface area contributed by atoms with Gasteiger partial charge in [-0.05, 0) is 37.0 Å². The number of hydrogen-bond acceptors (Lipinski definition) is 6. The van der Waals surface area contributed by atoms with E-state index in [1.807, 2.05) is 0 Å². The summed E-state index contributed by atoms with van der Waals surface area (Å²) < 4.78 is 0. The van der Waals surface area contributed by atoms with Gasteiger partial charge in [0.15, 0.2) is 0 Å². The zero-order valence-electron chi connectivity index (χ0n) is 15.3. The number of para-hydroxylation sites is 1. The Hall–Kier alpha value is -3.49. The third-order valence-electron chi connectivity index (χ3n) is 4.89. The van der Waals surface area contributed by atoms with Crippen molar-refractivity contribution in [2.24, 2.45) is 5.92 Å². The van der Waals surface area contributed by atoms with Gasteiger partial charge in [0, 0.05) is 19.2 Å². The molecule has 0 atom stereocenters. The van der Waals surface area contributed by atoms with Crippen molar-refractivity contribution in [1.82, 2.24) is 4.90 Å². The van der Waals surface area contributed by atoms with Crippen molar-refractivity contribution in [2.75, 3.05) is 18.4 Å². The lowest BCUT2D eigenvalue weighted by Gasteiger charge is -2.30. The Kier molecular flexibility index (Phi) is 5.53. The van der Waals surface area contributed by atoms with Gasteiger partial charge in [0.1, 0.15) is 5.69 Å². The molecular weight excluding hydrogens is 364 g/mol. The Morgan fingerprint density at radius 1 is 1.04 bits per heavy atom. The van der Waals surface area contributed by atoms with Crippen molar-refractivity contribution in [3.05, 3.63) is 68.3 Å². The van der Waals surface area contributed by atoms with Crippen LogP contribution in [0.4, 0.5) is 22.7 Å². The first-order chi connectivity index (χ1) is 13.4. The molecule has 1 aliphatic rings. The number of nitro benzene ring substituents is 2. The largest absolute Gasteiger partial charge is 0.349 e. The van der Waals surface area contributed by atoms with E-state index in [4.69, 9.17) is 0 Å². The minimum atomic E-state index is -0.689. The van der Waals surface area contributed by atoms with Crippen LogP contribution in [0.2, 0.25) is 0 Å². The summed E-state index contributed by atoms with van der Waals surface area (Å²) in [4.78, 5) is 35.6. The normalized spacial score (nSPS) is 14.5. The molecule has 28 heavy (non-hydrogen) atoms. The van der Waals surface area contributed by atoms with Crippen LogP contribution in [-0.2, 0) is 0 Å². The maximum Gasteiger partial charge on any atom is 0.299 e. The highest BCUT2D eigenvalue weighted by molar-refractivity contribution is 6.00. The molecule has 1 fully saturated rings. The number of anilines is 2. The Labute approximate surface area is 161 Å². The third-order valence-corrected chi connectivity index (χ3v) is 4.89. The van der Waals surface area contributed by atoms with Crippen LogP contribution < -0.4 is 5.32 Å². The molecule has 1 heterocycles. The van der Waals surface area contributed by atoms with Crippen molar-refractivity contribution >= 4 is 28.7 Å². The van der Waals surface area contributed by atoms with Gasteiger partial charge in [-0.15, -0.1) is 0 Å². The van der Waals surface area contributed by atoms with Crippen LogP contribution in [-0.4, -0.2) is 33.7 Å². The quantitative estimate of drug-likeness (QED) is 0.612. The first kappa shape index (κ1) is 19.3. The Morgan fingerprint density at radius 3 is 2.36 bits per heavy atom. The van der Waals surface area contributed by atoms with Crippen LogP contribution in [0, 0.1) is 26.1 Å². The molecule has 9 heteroatoms. The van der Waals surface area contributed by atoms with Crippen molar-refractivity contribution in [3.8, 4) is 0 Å². The van der Waals surface area contributed by atoms with Gasteiger partial charge < -0.3 is 10.2 Å². The fraction of sp³-hybridized carbons (Fsp3) is 0.316. The van der Waals surface area contributed by atoms with E-state index < -0.39 is 15.5 Å². The summed E-state index contributed by atoms with van der Waals surface area (Å²) in [6.45, 7) is 3.50. The molecule has 0 saturated carbocycles. The fourth-order valence-electron chi connectivity index (χ4n) is 3.20. The van der Waals surface area contributed by atoms with Gasteiger partial charge in [0.05, 0.1) is 27.2 Å². The van der Waals surface area contributed by atoms with E-state index in [2.05, 4.69) is 12.2 Å². The molecule has 146 valence electrons. The first-order valence-corrected chi connectivity index (χ1v) is 8.95. The zero-order chi connectivity index (χ0) is 20.3. The maximum absolute atomic E-state index is 12.9. The van der Waals surface area contributed by atoms with Crippen LogP contribution in [0.3, 0.4) is 0 Å². The summed E-state index contributed by atoms with van der Waals surface area (Å²) in [7, 11) is 0. The predicted octanol–water partition coefficient (Wildman–Crippen LogP) is 4.12. The van der Waals surface area contributed by atoms with Gasteiger partial charge in [0.2, 0.25) is 0 Å². The lowest BCUT2D eigenvalue weighted by molar-refractivity contribution is -0.393. The van der Waals surface area contributed by atoms with E-state index >= 15 is 0 Å². The maximum atomic E-state index is 12.9. The van der Waals surface area contributed by atoms with E-state index in [9.17, 15) is 25.0 Å². The number of amides is 1. The molecule has 1 saturated heterocycles. The standard InChI is InChI=1S/C19H20N4O5/c1-13-8-10-21(11-9-13)19(24)15-4-2-3-5-16(15)20-17-7-6-14(22(25)26)12-18(17)23(27)28/h2-7,12-13,20H,8-11H2,1H3. The van der Waals surface area contributed by atoms with Crippen molar-refractivity contribution in [3.63, 3.8) is 0 Å². The van der Waals surface area contributed by atoms with E-state index in [-0.39, 0.29) is 17.3 Å². The molecular formula is C19H20N4O5. The molecule has 0 radical (unpaired) electrons. The van der Waals surface area contributed by atoms with Crippen LogP contribution in [0.5, 0.6) is 0 Å². The zero-order valence-corrected chi connectivity index (χ0v) is 15.3. The number of likely N-dealkylation sites (tertiary alicyclic amines) is 1. The number of nitro groups is 2. The molecule has 0 spiro atoms. The van der Waals surface area contributed by atoms with Crippen LogP contribution in [0.15, 0.2) is 42.5 Å². The molecule has 0 aromatic heterocycles. The van der Waals surface area contributed by atoms with E-state index in [1.165, 1.54) is 12.1 Å². The summed E-state index contributed by atoms with van der Waals surface area (Å²) in [6.07, 6.45) is 1.88. The molecule has 2 aromatic carbocycles. The highest BCUT2D eigenvalue weighted by atomic mass is 16.6. The summed E-state index contributed by atoms with van der Waals surface area (Å²) in [5.41, 5.74) is 0.114. The summed E-state index contributed by atoms with van der Waals surface area (Å²) in [5.74, 6) is 0.444. The van der Waals surface area contributed by atoms with Gasteiger partial charge in [-0.2, -0.15) is 0 Å². The second-order valence-corrected chi connectivity index (χ2v) is 6.86. The summed E-state index contributed by atoms with van der Waals surface area (Å²) >= 11 is 0. The minimum absolute atomic E-state index is 0.0862. The Balaban J connectivity index is 1.91. The molecule has 0 bridgehead atoms. The number of carbonyl (C=O) groups excluding carboxylic acids is 1. The second-order valence-electron chi connectivity index (χ2n) is 6.86. The van der Waals surface area contributed by atoms with Gasteiger partial charge in [-0.1, -0.05) is 19.1 Å². The molecule has 9 nitrogen and oxygen atoms in total. The van der Waals surface area contributed by atoms with Gasteiger partial charge in [-0.3, -0.25) is 25.0 Å². The molecule has 0 aliphatic carbocycles. The van der Waals surface area contributed by atoms with Crippen LogP contribution in [0.1, 0.15) is 30.1 Å². The number of rotatable bonds is 5. The van der Waals surface area contributed by atoms with Gasteiger partial charge >= 0.3 is 0 Å². The average Bonchev–Trinajstić information content (AvgIpc) is 2.68. The Morgan fingerprint density at radius 2 is 1.71 bits per heavy atom. The number of piperidine rings is 1. The predicted molar refractivity (Wildman–Crippen MR) is 104 cm³/mol. The molecule has 0 unspecified atom stereocenters. The van der Waals surface area contributed by atoms with Crippen LogP contribution in [0.25, 0.3) is 0 Å². The topological polar surface area (TPSA) is 119 Å². The van der Waals surface area contributed by atoms with E-state index in [0.717, 1.165) is 18.9 Å². The smallest absolute Gasteiger partial charge is 0.299 e. The third kappa shape index (κ3) is 4.08. The fourth-order valence-corrected chi connectivity index (χ4v) is 3.20. The molecule has 3 rings (SSSR count).